The van der Waals surface area contributed by atoms with E-state index in [4.69, 9.17) is 17.3 Å². The molecule has 0 aliphatic carbocycles. The van der Waals surface area contributed by atoms with Crippen LogP contribution in [0.25, 0.3) is 5.69 Å². The topological polar surface area (TPSA) is 30.9 Å². The molecule has 0 fully saturated rings. The molecule has 84 valence electrons. The molecule has 2 aromatic rings. The molecule has 3 heteroatoms. The predicted octanol–water partition coefficient (Wildman–Crippen LogP) is 3.21. The molecule has 0 saturated heterocycles. The van der Waals surface area contributed by atoms with Gasteiger partial charge in [0.05, 0.1) is 0 Å². The number of nitrogens with zero attached hydrogens (tertiary/aromatic N) is 1. The highest BCUT2D eigenvalue weighted by Gasteiger charge is 2.09. The lowest BCUT2D eigenvalue weighted by atomic mass is 10.2. The summed E-state index contributed by atoms with van der Waals surface area (Å²) in [6.07, 6.45) is 0. The summed E-state index contributed by atoms with van der Waals surface area (Å²) in [5.41, 5.74) is 10.3. The lowest BCUT2D eigenvalue weighted by molar-refractivity contribution is 0.943. The molecule has 0 radical (unpaired) electrons. The predicted molar refractivity (Wildman–Crippen MR) is 68.1 cm³/mol. The third-order valence-electron chi connectivity index (χ3n) is 2.82. The van der Waals surface area contributed by atoms with Gasteiger partial charge in [-0.2, -0.15) is 0 Å². The highest BCUT2D eigenvalue weighted by atomic mass is 35.5. The molecule has 0 spiro atoms. The highest BCUT2D eigenvalue weighted by molar-refractivity contribution is 6.30. The Morgan fingerprint density at radius 3 is 2.56 bits per heavy atom. The molecule has 1 heterocycles. The van der Waals surface area contributed by atoms with Gasteiger partial charge in [0, 0.05) is 28.6 Å². The van der Waals surface area contributed by atoms with Crippen molar-refractivity contribution >= 4 is 11.6 Å². The molecular weight excluding hydrogens is 220 g/mol. The standard InChI is InChI=1S/C13H15ClN2/c1-9-6-11(8-15)10(2)16(9)13-5-3-4-12(14)7-13/h3-7H,8,15H2,1-2H3. The van der Waals surface area contributed by atoms with Gasteiger partial charge in [-0.1, -0.05) is 17.7 Å². The van der Waals surface area contributed by atoms with E-state index in [2.05, 4.69) is 24.5 Å². The second-order valence-corrected chi connectivity index (χ2v) is 4.35. The van der Waals surface area contributed by atoms with Crippen molar-refractivity contribution in [2.45, 2.75) is 20.4 Å². The van der Waals surface area contributed by atoms with Crippen LogP contribution >= 0.6 is 11.6 Å². The van der Waals surface area contributed by atoms with Crippen molar-refractivity contribution in [2.24, 2.45) is 5.73 Å². The SMILES string of the molecule is Cc1cc(CN)c(C)n1-c1cccc(Cl)c1. The number of hydrogen-bond acceptors (Lipinski definition) is 1. The average Bonchev–Trinajstić information content (AvgIpc) is 2.53. The van der Waals surface area contributed by atoms with Crippen molar-refractivity contribution < 1.29 is 0 Å². The molecule has 0 amide bonds. The van der Waals surface area contributed by atoms with Crippen LogP contribution in [0.4, 0.5) is 0 Å². The van der Waals surface area contributed by atoms with Crippen molar-refractivity contribution in [3.8, 4) is 5.69 Å². The molecule has 0 unspecified atom stereocenters. The Balaban J connectivity index is 2.60. The van der Waals surface area contributed by atoms with Crippen LogP contribution < -0.4 is 5.73 Å². The fourth-order valence-corrected chi connectivity index (χ4v) is 2.23. The summed E-state index contributed by atoms with van der Waals surface area (Å²) in [6, 6.07) is 9.96. The molecule has 0 atom stereocenters. The van der Waals surface area contributed by atoms with Crippen LogP contribution in [0, 0.1) is 13.8 Å². The highest BCUT2D eigenvalue weighted by Crippen LogP contribution is 2.22. The van der Waals surface area contributed by atoms with E-state index >= 15 is 0 Å². The summed E-state index contributed by atoms with van der Waals surface area (Å²) in [5, 5.41) is 0.749. The molecule has 1 aromatic heterocycles. The van der Waals surface area contributed by atoms with Crippen molar-refractivity contribution in [3.63, 3.8) is 0 Å². The number of halogens is 1. The summed E-state index contributed by atoms with van der Waals surface area (Å²) in [4.78, 5) is 0. The van der Waals surface area contributed by atoms with Crippen molar-refractivity contribution in [2.75, 3.05) is 0 Å². The van der Waals surface area contributed by atoms with E-state index in [1.165, 1.54) is 17.0 Å². The van der Waals surface area contributed by atoms with Gasteiger partial charge in [0.25, 0.3) is 0 Å². The molecule has 0 bridgehead atoms. The van der Waals surface area contributed by atoms with Gasteiger partial charge >= 0.3 is 0 Å². The summed E-state index contributed by atoms with van der Waals surface area (Å²) >= 11 is 6.00. The zero-order valence-corrected chi connectivity index (χ0v) is 10.3. The summed E-state index contributed by atoms with van der Waals surface area (Å²) < 4.78 is 2.17. The van der Waals surface area contributed by atoms with E-state index in [1.54, 1.807) is 0 Å². The second-order valence-electron chi connectivity index (χ2n) is 3.92. The first-order chi connectivity index (χ1) is 7.63. The maximum absolute atomic E-state index is 6.00. The minimum absolute atomic E-state index is 0.570. The number of rotatable bonds is 2. The van der Waals surface area contributed by atoms with Crippen LogP contribution in [-0.4, -0.2) is 4.57 Å². The smallest absolute Gasteiger partial charge is 0.0469 e. The van der Waals surface area contributed by atoms with E-state index in [0.29, 0.717) is 6.54 Å². The number of nitrogens with two attached hydrogens (primary N) is 1. The van der Waals surface area contributed by atoms with Gasteiger partial charge in [0.2, 0.25) is 0 Å². The van der Waals surface area contributed by atoms with Crippen LogP contribution in [0.15, 0.2) is 30.3 Å². The van der Waals surface area contributed by atoms with Gasteiger partial charge in [0.15, 0.2) is 0 Å². The molecular formula is C13H15ClN2. The van der Waals surface area contributed by atoms with Crippen molar-refractivity contribution in [1.82, 2.24) is 4.57 Å². The van der Waals surface area contributed by atoms with Gasteiger partial charge < -0.3 is 10.3 Å². The Hall–Kier alpha value is -1.25. The molecule has 0 aliphatic heterocycles. The Morgan fingerprint density at radius 1 is 1.25 bits per heavy atom. The zero-order valence-electron chi connectivity index (χ0n) is 9.50. The molecule has 2 N–H and O–H groups in total. The fourth-order valence-electron chi connectivity index (χ4n) is 2.05. The van der Waals surface area contributed by atoms with Gasteiger partial charge in [0.1, 0.15) is 0 Å². The van der Waals surface area contributed by atoms with Gasteiger partial charge in [-0.25, -0.2) is 0 Å². The maximum atomic E-state index is 6.00. The largest absolute Gasteiger partial charge is 0.326 e. The van der Waals surface area contributed by atoms with Crippen LogP contribution in [0.2, 0.25) is 5.02 Å². The minimum atomic E-state index is 0.570. The van der Waals surface area contributed by atoms with Gasteiger partial charge in [-0.15, -0.1) is 0 Å². The Kier molecular flexibility index (Phi) is 3.03. The van der Waals surface area contributed by atoms with Crippen LogP contribution in [-0.2, 0) is 6.54 Å². The maximum Gasteiger partial charge on any atom is 0.0469 e. The first-order valence-electron chi connectivity index (χ1n) is 5.27. The van der Waals surface area contributed by atoms with E-state index in [-0.39, 0.29) is 0 Å². The van der Waals surface area contributed by atoms with E-state index in [1.807, 2.05) is 24.3 Å². The first kappa shape index (κ1) is 11.2. The Bertz CT molecular complexity index is 515. The van der Waals surface area contributed by atoms with Crippen LogP contribution in [0.3, 0.4) is 0 Å². The van der Waals surface area contributed by atoms with Gasteiger partial charge in [-0.3, -0.25) is 0 Å². The molecule has 2 rings (SSSR count). The molecule has 2 nitrogen and oxygen atoms in total. The van der Waals surface area contributed by atoms with Crippen LogP contribution in [0.1, 0.15) is 17.0 Å². The minimum Gasteiger partial charge on any atom is -0.326 e. The quantitative estimate of drug-likeness (QED) is 0.850. The summed E-state index contributed by atoms with van der Waals surface area (Å²) in [7, 11) is 0. The van der Waals surface area contributed by atoms with E-state index in [0.717, 1.165) is 10.7 Å². The monoisotopic (exact) mass is 234 g/mol. The number of hydrogen-bond donors (Lipinski definition) is 1. The lowest BCUT2D eigenvalue weighted by Gasteiger charge is -2.10. The van der Waals surface area contributed by atoms with Crippen molar-refractivity contribution in [3.05, 3.63) is 52.3 Å². The average molecular weight is 235 g/mol. The fraction of sp³-hybridized carbons (Fsp3) is 0.231. The van der Waals surface area contributed by atoms with Crippen LogP contribution in [0.5, 0.6) is 0 Å². The molecule has 0 aliphatic rings. The first-order valence-corrected chi connectivity index (χ1v) is 5.65. The zero-order chi connectivity index (χ0) is 11.7. The summed E-state index contributed by atoms with van der Waals surface area (Å²) in [6.45, 7) is 4.73. The second kappa shape index (κ2) is 4.32. The van der Waals surface area contributed by atoms with E-state index < -0.39 is 0 Å². The molecule has 16 heavy (non-hydrogen) atoms. The number of aromatic nitrogens is 1. The number of benzene rings is 1. The number of aryl methyl sites for hydroxylation is 1. The normalized spacial score (nSPS) is 10.8. The Labute approximate surface area is 101 Å². The Morgan fingerprint density at radius 2 is 2.00 bits per heavy atom. The lowest BCUT2D eigenvalue weighted by Crippen LogP contribution is -2.01. The third-order valence-corrected chi connectivity index (χ3v) is 3.06. The van der Waals surface area contributed by atoms with Gasteiger partial charge in [-0.05, 0) is 43.7 Å². The molecule has 0 saturated carbocycles. The summed E-state index contributed by atoms with van der Waals surface area (Å²) in [5.74, 6) is 0. The van der Waals surface area contributed by atoms with Crippen molar-refractivity contribution in [1.29, 1.82) is 0 Å². The third kappa shape index (κ3) is 1.86. The van der Waals surface area contributed by atoms with E-state index in [9.17, 15) is 0 Å². The molecule has 1 aromatic carbocycles.